The lowest BCUT2D eigenvalue weighted by atomic mass is 9.85. The standard InChI is InChI=1S/C33H28N6O4/c1-32(2,3)14-7-9-16-18(11-14)28-36-20-13-21(40)23-24(25(41)22(20)30(42)38(28)26(16)34)37-29-19-12-15(33(4,5)6)8-10-17(19)27(35)39(29)31(23)43/h7-12,34-35H,13H2,1-6H3. The molecule has 10 heteroatoms. The van der Waals surface area contributed by atoms with Gasteiger partial charge in [-0.1, -0.05) is 65.8 Å². The molecular formula is C33H28N6O4. The Bertz CT molecular complexity index is 2190. The average Bonchev–Trinajstić information content (AvgIpc) is 3.33. The van der Waals surface area contributed by atoms with E-state index in [0.29, 0.717) is 22.3 Å². The van der Waals surface area contributed by atoms with Crippen molar-refractivity contribution in [1.82, 2.24) is 19.1 Å². The van der Waals surface area contributed by atoms with Gasteiger partial charge in [-0.3, -0.25) is 30.0 Å². The van der Waals surface area contributed by atoms with Crippen LogP contribution in [-0.4, -0.2) is 42.3 Å². The summed E-state index contributed by atoms with van der Waals surface area (Å²) < 4.78 is 2.14. The summed E-state index contributed by atoms with van der Waals surface area (Å²) in [6, 6.07) is 11.0. The summed E-state index contributed by atoms with van der Waals surface area (Å²) in [7, 11) is 0. The van der Waals surface area contributed by atoms with Gasteiger partial charge in [0.2, 0.25) is 5.78 Å². The second kappa shape index (κ2) is 8.25. The van der Waals surface area contributed by atoms with E-state index in [2.05, 4.69) is 9.97 Å². The Morgan fingerprint density at radius 3 is 1.60 bits per heavy atom. The quantitative estimate of drug-likeness (QED) is 0.280. The maximum Gasteiger partial charge on any atom is 0.271 e. The lowest BCUT2D eigenvalue weighted by Crippen LogP contribution is -2.34. The molecule has 10 nitrogen and oxygen atoms in total. The number of benzene rings is 2. The Labute approximate surface area is 246 Å². The molecule has 4 aromatic rings. The average molecular weight is 573 g/mol. The second-order valence-corrected chi connectivity index (χ2v) is 13.3. The van der Waals surface area contributed by atoms with Crippen molar-refractivity contribution in [2.45, 2.75) is 58.8 Å². The number of carbonyl (C=O) groups is 2. The van der Waals surface area contributed by atoms with Crippen LogP contribution in [0.2, 0.25) is 0 Å². The molecule has 0 saturated heterocycles. The summed E-state index contributed by atoms with van der Waals surface area (Å²) in [5.41, 5.74) is 0.544. The van der Waals surface area contributed by atoms with Gasteiger partial charge >= 0.3 is 0 Å². The van der Waals surface area contributed by atoms with Crippen molar-refractivity contribution >= 4 is 23.2 Å². The van der Waals surface area contributed by atoms with Gasteiger partial charge in [0.1, 0.15) is 40.1 Å². The summed E-state index contributed by atoms with van der Waals surface area (Å²) in [6.07, 6.45) is -0.469. The number of rotatable bonds is 0. The summed E-state index contributed by atoms with van der Waals surface area (Å²) in [5, 5.41) is 17.5. The highest BCUT2D eigenvalue weighted by molar-refractivity contribution is 6.20. The molecule has 1 aliphatic carbocycles. The molecule has 0 unspecified atom stereocenters. The molecule has 0 fully saturated rings. The topological polar surface area (TPSA) is 152 Å². The van der Waals surface area contributed by atoms with Crippen molar-refractivity contribution in [3.63, 3.8) is 0 Å². The number of nitrogens with one attached hydrogen (secondary N) is 2. The number of ketones is 2. The van der Waals surface area contributed by atoms with Gasteiger partial charge in [-0.25, -0.2) is 19.1 Å². The van der Waals surface area contributed by atoms with Crippen LogP contribution in [0, 0.1) is 10.8 Å². The minimum absolute atomic E-state index is 0.0545. The highest BCUT2D eigenvalue weighted by atomic mass is 16.2. The molecule has 7 rings (SSSR count). The Morgan fingerprint density at radius 1 is 0.651 bits per heavy atom. The maximum atomic E-state index is 14.1. The Hall–Kier alpha value is -5.12. The molecule has 214 valence electrons. The van der Waals surface area contributed by atoms with Crippen LogP contribution in [0.3, 0.4) is 0 Å². The van der Waals surface area contributed by atoms with Gasteiger partial charge in [-0.15, -0.1) is 0 Å². The van der Waals surface area contributed by atoms with Gasteiger partial charge in [0.05, 0.1) is 12.1 Å². The summed E-state index contributed by atoms with van der Waals surface area (Å²) in [5.74, 6) is -1.60. The summed E-state index contributed by atoms with van der Waals surface area (Å²) in [6.45, 7) is 12.2. The summed E-state index contributed by atoms with van der Waals surface area (Å²) in [4.78, 5) is 64.7. The molecule has 0 radical (unpaired) electrons. The van der Waals surface area contributed by atoms with Gasteiger partial charge in [0, 0.05) is 22.3 Å². The van der Waals surface area contributed by atoms with E-state index in [1.807, 2.05) is 65.8 Å². The molecular weight excluding hydrogens is 544 g/mol. The first kappa shape index (κ1) is 26.8. The smallest absolute Gasteiger partial charge is 0.271 e. The number of hydrogen-bond donors (Lipinski definition) is 2. The van der Waals surface area contributed by atoms with E-state index in [0.717, 1.165) is 20.3 Å². The van der Waals surface area contributed by atoms with E-state index in [4.69, 9.17) is 10.8 Å². The number of Topliss-reactive ketones (excluding diaryl/α,β-unsaturated/α-hetero) is 1. The van der Waals surface area contributed by atoms with Crippen LogP contribution >= 0.6 is 0 Å². The van der Waals surface area contributed by atoms with Crippen LogP contribution < -0.4 is 11.1 Å². The third-order valence-electron chi connectivity index (χ3n) is 8.50. The van der Waals surface area contributed by atoms with Gasteiger partial charge in [-0.05, 0) is 34.1 Å². The minimum Gasteiger partial charge on any atom is -0.293 e. The normalized spacial score (nSPS) is 15.0. The molecule has 0 saturated carbocycles. The predicted molar refractivity (Wildman–Crippen MR) is 161 cm³/mol. The fraction of sp³-hybridized carbons (Fsp3) is 0.273. The zero-order valence-corrected chi connectivity index (χ0v) is 24.6. The van der Waals surface area contributed by atoms with Crippen LogP contribution in [0.15, 0.2) is 46.0 Å². The van der Waals surface area contributed by atoms with E-state index >= 15 is 0 Å². The Morgan fingerprint density at radius 2 is 1.12 bits per heavy atom. The highest BCUT2D eigenvalue weighted by Crippen LogP contribution is 2.37. The molecule has 3 aliphatic rings. The zero-order valence-electron chi connectivity index (χ0n) is 24.6. The minimum atomic E-state index is -0.893. The number of carbonyl (C=O) groups excluding carboxylic acids is 2. The van der Waals surface area contributed by atoms with Crippen LogP contribution in [0.25, 0.3) is 22.8 Å². The molecule has 0 atom stereocenters. The summed E-state index contributed by atoms with van der Waals surface area (Å²) >= 11 is 0. The third-order valence-corrected chi connectivity index (χ3v) is 8.50. The molecule has 43 heavy (non-hydrogen) atoms. The van der Waals surface area contributed by atoms with E-state index in [1.165, 1.54) is 0 Å². The van der Waals surface area contributed by atoms with Crippen LogP contribution in [0.4, 0.5) is 0 Å². The van der Waals surface area contributed by atoms with Crippen molar-refractivity contribution in [3.05, 3.63) is 102 Å². The number of nitrogens with zero attached hydrogens (tertiary/aromatic N) is 4. The first-order valence-corrected chi connectivity index (χ1v) is 14.0. The SMILES string of the molecule is CC(C)(C)c1ccc2c(c1)-c1nc3c(c(=O)n1C2=N)C(=O)c1nc2n(c(=O)c1C(=O)C3)C(=N)c1ccc(C(C)(C)C)cc1-2. The molecule has 0 bridgehead atoms. The lowest BCUT2D eigenvalue weighted by molar-refractivity contribution is 0.0980. The fourth-order valence-electron chi connectivity index (χ4n) is 6.04. The predicted octanol–water partition coefficient (Wildman–Crippen LogP) is 4.07. The molecule has 0 amide bonds. The fourth-order valence-corrected chi connectivity index (χ4v) is 6.04. The molecule has 0 spiro atoms. The maximum absolute atomic E-state index is 14.1. The first-order valence-electron chi connectivity index (χ1n) is 14.0. The van der Waals surface area contributed by atoms with Crippen LogP contribution in [-0.2, 0) is 17.3 Å². The van der Waals surface area contributed by atoms with Crippen molar-refractivity contribution in [1.29, 1.82) is 10.8 Å². The molecule has 2 aromatic carbocycles. The van der Waals surface area contributed by atoms with Crippen molar-refractivity contribution in [2.24, 2.45) is 0 Å². The number of aromatic nitrogens is 4. The van der Waals surface area contributed by atoms with Crippen molar-refractivity contribution < 1.29 is 9.59 Å². The molecule has 2 aromatic heterocycles. The Kier molecular flexibility index (Phi) is 5.13. The zero-order chi connectivity index (χ0) is 30.9. The van der Waals surface area contributed by atoms with Crippen LogP contribution in [0.5, 0.6) is 0 Å². The van der Waals surface area contributed by atoms with Crippen molar-refractivity contribution in [3.8, 4) is 22.8 Å². The largest absolute Gasteiger partial charge is 0.293 e. The number of hydrogen-bond acceptors (Lipinski definition) is 8. The number of fused-ring (bicyclic) bond motifs is 8. The lowest BCUT2D eigenvalue weighted by Gasteiger charge is -2.19. The van der Waals surface area contributed by atoms with Gasteiger partial charge in [0.15, 0.2) is 5.78 Å². The van der Waals surface area contributed by atoms with E-state index in [1.54, 1.807) is 12.1 Å². The van der Waals surface area contributed by atoms with E-state index in [-0.39, 0.29) is 45.4 Å². The van der Waals surface area contributed by atoms with Crippen LogP contribution in [0.1, 0.15) is 95.9 Å². The van der Waals surface area contributed by atoms with E-state index in [9.17, 15) is 19.2 Å². The second-order valence-electron chi connectivity index (χ2n) is 13.3. The monoisotopic (exact) mass is 572 g/mol. The molecule has 2 aliphatic heterocycles. The van der Waals surface area contributed by atoms with Gasteiger partial charge in [-0.2, -0.15) is 0 Å². The van der Waals surface area contributed by atoms with Gasteiger partial charge < -0.3 is 0 Å². The van der Waals surface area contributed by atoms with Crippen molar-refractivity contribution in [2.75, 3.05) is 0 Å². The third kappa shape index (κ3) is 3.52. The van der Waals surface area contributed by atoms with E-state index < -0.39 is 40.4 Å². The Balaban J connectivity index is 1.46. The molecule has 4 heterocycles. The molecule has 2 N–H and O–H groups in total. The highest BCUT2D eigenvalue weighted by Gasteiger charge is 2.40. The first-order chi connectivity index (χ1) is 20.1. The van der Waals surface area contributed by atoms with Gasteiger partial charge in [0.25, 0.3) is 11.1 Å².